The smallest absolute Gasteiger partial charge is 0.125 e. The van der Waals surface area contributed by atoms with E-state index in [0.717, 1.165) is 45.1 Å². The maximum absolute atomic E-state index is 4.30. The topological polar surface area (TPSA) is 31.4 Å². The number of pyridine rings is 1. The van der Waals surface area contributed by atoms with E-state index in [1.165, 1.54) is 11.3 Å². The van der Waals surface area contributed by atoms with E-state index in [4.69, 9.17) is 0 Å². The van der Waals surface area contributed by atoms with Crippen molar-refractivity contribution < 1.29 is 0 Å². The molecule has 1 aromatic carbocycles. The Bertz CT molecular complexity index is 619. The van der Waals surface area contributed by atoms with Crippen LogP contribution in [0.25, 0.3) is 0 Å². The molecule has 0 saturated carbocycles. The van der Waals surface area contributed by atoms with Crippen LogP contribution in [0.3, 0.4) is 0 Å². The molecular weight excluding hydrogens is 296 g/mol. The second kappa shape index (κ2) is 8.15. The van der Waals surface area contributed by atoms with E-state index in [1.54, 1.807) is 0 Å². The minimum atomic E-state index is 0.571. The van der Waals surface area contributed by atoms with Gasteiger partial charge in [0, 0.05) is 51.2 Å². The van der Waals surface area contributed by atoms with Crippen molar-refractivity contribution in [1.29, 1.82) is 0 Å². The van der Waals surface area contributed by atoms with Crippen LogP contribution in [0.2, 0.25) is 0 Å². The molecule has 1 aromatic heterocycles. The third kappa shape index (κ3) is 4.26. The number of benzene rings is 1. The fourth-order valence-electron chi connectivity index (χ4n) is 3.29. The van der Waals surface area contributed by atoms with E-state index in [1.807, 2.05) is 24.4 Å². The van der Waals surface area contributed by atoms with Crippen LogP contribution < -0.4 is 10.2 Å². The van der Waals surface area contributed by atoms with Crippen LogP contribution in [0, 0.1) is 0 Å². The highest BCUT2D eigenvalue weighted by Crippen LogP contribution is 2.27. The first-order valence-corrected chi connectivity index (χ1v) is 8.95. The van der Waals surface area contributed by atoms with Crippen molar-refractivity contribution in [2.75, 3.05) is 49.5 Å². The van der Waals surface area contributed by atoms with E-state index in [0.29, 0.717) is 5.92 Å². The van der Waals surface area contributed by atoms with Crippen LogP contribution in [0.1, 0.15) is 25.3 Å². The van der Waals surface area contributed by atoms with Gasteiger partial charge >= 0.3 is 0 Å². The normalized spacial score (nSPS) is 15.7. The standard InChI is InChI=1S/C20H28N4/c1-17(2)18-7-3-4-8-19(18)24-15-13-23(14-16-24)12-11-22-20-9-5-6-10-21-20/h3-10,17H,11-16H2,1-2H3,(H,21,22). The predicted molar refractivity (Wildman–Crippen MR) is 102 cm³/mol. The molecule has 0 radical (unpaired) electrons. The predicted octanol–water partition coefficient (Wildman–Crippen LogP) is 3.44. The lowest BCUT2D eigenvalue weighted by Crippen LogP contribution is -2.48. The Labute approximate surface area is 145 Å². The number of para-hydroxylation sites is 1. The van der Waals surface area contributed by atoms with Crippen molar-refractivity contribution in [2.45, 2.75) is 19.8 Å². The summed E-state index contributed by atoms with van der Waals surface area (Å²) < 4.78 is 0. The van der Waals surface area contributed by atoms with Crippen LogP contribution in [0.15, 0.2) is 48.7 Å². The molecule has 0 amide bonds. The van der Waals surface area contributed by atoms with Crippen molar-refractivity contribution in [3.8, 4) is 0 Å². The largest absolute Gasteiger partial charge is 0.369 e. The van der Waals surface area contributed by atoms with Crippen LogP contribution in [-0.2, 0) is 0 Å². The molecule has 2 heterocycles. The fourth-order valence-corrected chi connectivity index (χ4v) is 3.29. The summed E-state index contributed by atoms with van der Waals surface area (Å²) in [4.78, 5) is 9.37. The number of anilines is 2. The average Bonchev–Trinajstić information content (AvgIpc) is 2.63. The van der Waals surface area contributed by atoms with Gasteiger partial charge in [-0.05, 0) is 29.7 Å². The SMILES string of the molecule is CC(C)c1ccccc1N1CCN(CCNc2ccccn2)CC1. The summed E-state index contributed by atoms with van der Waals surface area (Å²) >= 11 is 0. The highest BCUT2D eigenvalue weighted by molar-refractivity contribution is 5.55. The highest BCUT2D eigenvalue weighted by Gasteiger charge is 2.19. The molecule has 3 rings (SSSR count). The second-order valence-corrected chi connectivity index (χ2v) is 6.68. The Morgan fingerprint density at radius 2 is 1.75 bits per heavy atom. The molecular formula is C20H28N4. The molecule has 24 heavy (non-hydrogen) atoms. The molecule has 0 unspecified atom stereocenters. The quantitative estimate of drug-likeness (QED) is 0.882. The lowest BCUT2D eigenvalue weighted by atomic mass is 10.00. The number of nitrogens with zero attached hydrogens (tertiary/aromatic N) is 3. The molecule has 1 aliphatic heterocycles. The first-order chi connectivity index (χ1) is 11.7. The van der Waals surface area contributed by atoms with Gasteiger partial charge in [-0.25, -0.2) is 4.98 Å². The van der Waals surface area contributed by atoms with Crippen LogP contribution >= 0.6 is 0 Å². The average molecular weight is 324 g/mol. The van der Waals surface area contributed by atoms with Gasteiger partial charge in [-0.3, -0.25) is 4.90 Å². The Kier molecular flexibility index (Phi) is 5.70. The molecule has 1 N–H and O–H groups in total. The molecule has 4 heteroatoms. The molecule has 1 aliphatic rings. The van der Waals surface area contributed by atoms with Crippen LogP contribution in [0.4, 0.5) is 11.5 Å². The third-order valence-corrected chi connectivity index (χ3v) is 4.67. The Hall–Kier alpha value is -2.07. The van der Waals surface area contributed by atoms with E-state index in [2.05, 4.69) is 58.2 Å². The lowest BCUT2D eigenvalue weighted by Gasteiger charge is -2.37. The lowest BCUT2D eigenvalue weighted by molar-refractivity contribution is 0.267. The summed E-state index contributed by atoms with van der Waals surface area (Å²) in [5.74, 6) is 1.53. The summed E-state index contributed by atoms with van der Waals surface area (Å²) in [5, 5.41) is 3.39. The monoisotopic (exact) mass is 324 g/mol. The van der Waals surface area contributed by atoms with Crippen molar-refractivity contribution in [1.82, 2.24) is 9.88 Å². The Morgan fingerprint density at radius 3 is 2.46 bits per heavy atom. The van der Waals surface area contributed by atoms with Gasteiger partial charge in [0.2, 0.25) is 0 Å². The maximum atomic E-state index is 4.30. The number of hydrogen-bond acceptors (Lipinski definition) is 4. The van der Waals surface area contributed by atoms with E-state index in [-0.39, 0.29) is 0 Å². The number of nitrogens with one attached hydrogen (secondary N) is 1. The fraction of sp³-hybridized carbons (Fsp3) is 0.450. The summed E-state index contributed by atoms with van der Waals surface area (Å²) in [7, 11) is 0. The zero-order valence-corrected chi connectivity index (χ0v) is 14.8. The molecule has 0 spiro atoms. The molecule has 1 fully saturated rings. The summed E-state index contributed by atoms with van der Waals surface area (Å²) in [5.41, 5.74) is 2.88. The Morgan fingerprint density at radius 1 is 1.00 bits per heavy atom. The van der Waals surface area contributed by atoms with Crippen molar-refractivity contribution in [3.63, 3.8) is 0 Å². The van der Waals surface area contributed by atoms with Gasteiger partial charge in [0.05, 0.1) is 0 Å². The van der Waals surface area contributed by atoms with Gasteiger partial charge in [0.25, 0.3) is 0 Å². The number of hydrogen-bond donors (Lipinski definition) is 1. The Balaban J connectivity index is 1.48. The minimum Gasteiger partial charge on any atom is -0.369 e. The minimum absolute atomic E-state index is 0.571. The first-order valence-electron chi connectivity index (χ1n) is 8.95. The van der Waals surface area contributed by atoms with Crippen molar-refractivity contribution in [3.05, 3.63) is 54.2 Å². The molecule has 0 bridgehead atoms. The van der Waals surface area contributed by atoms with Crippen LogP contribution in [0.5, 0.6) is 0 Å². The zero-order chi connectivity index (χ0) is 16.8. The molecule has 1 saturated heterocycles. The molecule has 0 atom stereocenters. The number of aromatic nitrogens is 1. The number of piperazine rings is 1. The van der Waals surface area contributed by atoms with Gasteiger partial charge < -0.3 is 10.2 Å². The van der Waals surface area contributed by atoms with E-state index in [9.17, 15) is 0 Å². The third-order valence-electron chi connectivity index (χ3n) is 4.67. The second-order valence-electron chi connectivity index (χ2n) is 6.68. The van der Waals surface area contributed by atoms with Crippen molar-refractivity contribution in [2.24, 2.45) is 0 Å². The summed E-state index contributed by atoms with van der Waals surface area (Å²) in [6, 6.07) is 14.8. The van der Waals surface area contributed by atoms with Gasteiger partial charge in [0.1, 0.15) is 5.82 Å². The first kappa shape index (κ1) is 16.8. The van der Waals surface area contributed by atoms with Crippen LogP contribution in [-0.4, -0.2) is 49.2 Å². The summed E-state index contributed by atoms with van der Waals surface area (Å²) in [6.07, 6.45) is 1.83. The van der Waals surface area contributed by atoms with Gasteiger partial charge in [-0.1, -0.05) is 38.1 Å². The van der Waals surface area contributed by atoms with Crippen molar-refractivity contribution >= 4 is 11.5 Å². The number of rotatable bonds is 6. The molecule has 4 nitrogen and oxygen atoms in total. The molecule has 128 valence electrons. The van der Waals surface area contributed by atoms with E-state index >= 15 is 0 Å². The highest BCUT2D eigenvalue weighted by atomic mass is 15.3. The van der Waals surface area contributed by atoms with E-state index < -0.39 is 0 Å². The molecule has 0 aliphatic carbocycles. The zero-order valence-electron chi connectivity index (χ0n) is 14.8. The maximum Gasteiger partial charge on any atom is 0.125 e. The van der Waals surface area contributed by atoms with Gasteiger partial charge in [0.15, 0.2) is 0 Å². The van der Waals surface area contributed by atoms with Gasteiger partial charge in [-0.15, -0.1) is 0 Å². The van der Waals surface area contributed by atoms with Gasteiger partial charge in [-0.2, -0.15) is 0 Å². The summed E-state index contributed by atoms with van der Waals surface area (Å²) in [6.45, 7) is 11.0. The molecule has 2 aromatic rings.